The molecular formula is C10H13Cl2N3. The molecule has 1 aromatic heterocycles. The lowest BCUT2D eigenvalue weighted by molar-refractivity contribution is 0.797. The number of benzene rings is 1. The molecule has 3 nitrogen and oxygen atoms in total. The largest absolute Gasteiger partial charge is 0.399 e. The molecule has 0 aliphatic heterocycles. The van der Waals surface area contributed by atoms with Gasteiger partial charge in [0.1, 0.15) is 0 Å². The Hall–Kier alpha value is -1.19. The molecule has 0 radical (unpaired) electrons. The van der Waals surface area contributed by atoms with Gasteiger partial charge < -0.3 is 10.3 Å². The number of halogens is 2. The first kappa shape index (κ1) is 13.8. The summed E-state index contributed by atoms with van der Waals surface area (Å²) >= 11 is 0. The van der Waals surface area contributed by atoms with Crippen LogP contribution >= 0.6 is 24.8 Å². The molecule has 15 heavy (non-hydrogen) atoms. The number of nitrogen functional groups attached to an aromatic ring is 1. The van der Waals surface area contributed by atoms with Crippen molar-refractivity contribution in [1.82, 2.24) is 9.55 Å². The van der Waals surface area contributed by atoms with Gasteiger partial charge in [0, 0.05) is 24.6 Å². The third-order valence-electron chi connectivity index (χ3n) is 1.90. The second-order valence-electron chi connectivity index (χ2n) is 2.98. The molecule has 0 fully saturated rings. The molecule has 0 atom stereocenters. The first-order valence-electron chi connectivity index (χ1n) is 4.15. The summed E-state index contributed by atoms with van der Waals surface area (Å²) in [6, 6.07) is 7.86. The van der Waals surface area contributed by atoms with Gasteiger partial charge in [-0.1, -0.05) is 12.1 Å². The summed E-state index contributed by atoms with van der Waals surface area (Å²) in [5.74, 6) is 0. The Bertz CT molecular complexity index is 370. The fourth-order valence-corrected chi connectivity index (χ4v) is 1.21. The van der Waals surface area contributed by atoms with Crippen molar-refractivity contribution in [3.05, 3.63) is 48.5 Å². The van der Waals surface area contributed by atoms with Crippen molar-refractivity contribution in [3.8, 4) is 0 Å². The van der Waals surface area contributed by atoms with Gasteiger partial charge in [0.05, 0.1) is 6.33 Å². The normalized spacial score (nSPS) is 8.80. The molecule has 0 unspecified atom stereocenters. The molecule has 1 aromatic carbocycles. The van der Waals surface area contributed by atoms with Crippen LogP contribution in [0.4, 0.5) is 5.69 Å². The van der Waals surface area contributed by atoms with Crippen LogP contribution in [-0.4, -0.2) is 9.55 Å². The van der Waals surface area contributed by atoms with E-state index in [0.717, 1.165) is 12.2 Å². The Morgan fingerprint density at radius 3 is 2.33 bits per heavy atom. The molecule has 0 saturated carbocycles. The van der Waals surface area contributed by atoms with Crippen molar-refractivity contribution in [2.45, 2.75) is 6.54 Å². The average Bonchev–Trinajstić information content (AvgIpc) is 2.62. The molecule has 2 aromatic rings. The van der Waals surface area contributed by atoms with Crippen molar-refractivity contribution < 1.29 is 0 Å². The van der Waals surface area contributed by atoms with E-state index in [9.17, 15) is 0 Å². The van der Waals surface area contributed by atoms with Gasteiger partial charge in [0.15, 0.2) is 0 Å². The van der Waals surface area contributed by atoms with Crippen LogP contribution in [0, 0.1) is 0 Å². The Kier molecular flexibility index (Phi) is 5.82. The van der Waals surface area contributed by atoms with Gasteiger partial charge in [-0.2, -0.15) is 0 Å². The van der Waals surface area contributed by atoms with Crippen LogP contribution in [0.25, 0.3) is 0 Å². The molecule has 0 spiro atoms. The highest BCUT2D eigenvalue weighted by atomic mass is 35.5. The Morgan fingerprint density at radius 1 is 1.13 bits per heavy atom. The van der Waals surface area contributed by atoms with Crippen LogP contribution in [0.2, 0.25) is 0 Å². The van der Waals surface area contributed by atoms with Crippen LogP contribution in [0.15, 0.2) is 43.0 Å². The Labute approximate surface area is 101 Å². The topological polar surface area (TPSA) is 43.8 Å². The van der Waals surface area contributed by atoms with Gasteiger partial charge in [-0.05, 0) is 17.7 Å². The number of rotatable bonds is 2. The number of aromatic nitrogens is 2. The summed E-state index contributed by atoms with van der Waals surface area (Å²) < 4.78 is 2.02. The third kappa shape index (κ3) is 3.81. The zero-order chi connectivity index (χ0) is 9.10. The smallest absolute Gasteiger partial charge is 0.0949 e. The van der Waals surface area contributed by atoms with E-state index in [4.69, 9.17) is 5.73 Å². The van der Waals surface area contributed by atoms with E-state index >= 15 is 0 Å². The predicted molar refractivity (Wildman–Crippen MR) is 66.7 cm³/mol. The van der Waals surface area contributed by atoms with Gasteiger partial charge >= 0.3 is 0 Å². The Balaban J connectivity index is 0.000000980. The number of hydrogen-bond acceptors (Lipinski definition) is 2. The summed E-state index contributed by atoms with van der Waals surface area (Å²) in [5, 5.41) is 0. The molecule has 0 aliphatic rings. The van der Waals surface area contributed by atoms with Gasteiger partial charge in [-0.15, -0.1) is 24.8 Å². The van der Waals surface area contributed by atoms with E-state index in [-0.39, 0.29) is 24.8 Å². The van der Waals surface area contributed by atoms with Gasteiger partial charge in [0.25, 0.3) is 0 Å². The highest BCUT2D eigenvalue weighted by Crippen LogP contribution is 2.06. The predicted octanol–water partition coefficient (Wildman–Crippen LogP) is 2.36. The van der Waals surface area contributed by atoms with Crippen LogP contribution in [0.3, 0.4) is 0 Å². The first-order chi connectivity index (χ1) is 6.34. The average molecular weight is 246 g/mol. The van der Waals surface area contributed by atoms with Crippen LogP contribution in [0.1, 0.15) is 5.56 Å². The molecule has 0 amide bonds. The quantitative estimate of drug-likeness (QED) is 0.826. The second-order valence-corrected chi connectivity index (χ2v) is 2.98. The van der Waals surface area contributed by atoms with Gasteiger partial charge in [-0.3, -0.25) is 0 Å². The lowest BCUT2D eigenvalue weighted by Crippen LogP contribution is -1.96. The minimum atomic E-state index is 0. The number of anilines is 1. The highest BCUT2D eigenvalue weighted by Gasteiger charge is 1.93. The van der Waals surface area contributed by atoms with Crippen molar-refractivity contribution in [2.24, 2.45) is 0 Å². The van der Waals surface area contributed by atoms with Crippen molar-refractivity contribution in [2.75, 3.05) is 5.73 Å². The molecule has 82 valence electrons. The summed E-state index contributed by atoms with van der Waals surface area (Å²) in [7, 11) is 0. The maximum absolute atomic E-state index is 5.58. The van der Waals surface area contributed by atoms with Crippen molar-refractivity contribution in [3.63, 3.8) is 0 Å². The molecular weight excluding hydrogens is 233 g/mol. The molecule has 0 bridgehead atoms. The summed E-state index contributed by atoms with van der Waals surface area (Å²) in [6.45, 7) is 0.847. The zero-order valence-corrected chi connectivity index (χ0v) is 9.67. The fourth-order valence-electron chi connectivity index (χ4n) is 1.21. The van der Waals surface area contributed by atoms with E-state index < -0.39 is 0 Å². The third-order valence-corrected chi connectivity index (χ3v) is 1.90. The molecule has 0 saturated heterocycles. The van der Waals surface area contributed by atoms with Gasteiger partial charge in [0.2, 0.25) is 0 Å². The lowest BCUT2D eigenvalue weighted by atomic mass is 10.2. The minimum absolute atomic E-state index is 0. The Morgan fingerprint density at radius 2 is 1.80 bits per heavy atom. The summed E-state index contributed by atoms with van der Waals surface area (Å²) in [5.41, 5.74) is 7.61. The van der Waals surface area contributed by atoms with E-state index in [1.807, 2.05) is 35.0 Å². The molecule has 1 heterocycles. The van der Waals surface area contributed by atoms with Crippen LogP contribution < -0.4 is 5.73 Å². The van der Waals surface area contributed by atoms with E-state index in [2.05, 4.69) is 4.98 Å². The molecule has 2 N–H and O–H groups in total. The van der Waals surface area contributed by atoms with Crippen LogP contribution in [-0.2, 0) is 6.54 Å². The number of nitrogens with two attached hydrogens (primary N) is 1. The monoisotopic (exact) mass is 245 g/mol. The van der Waals surface area contributed by atoms with E-state index in [0.29, 0.717) is 0 Å². The standard InChI is InChI=1S/C10H11N3.2ClH/c11-10-3-1-9(2-4-10)7-13-6-5-12-8-13;;/h1-6,8H,7,11H2;2*1H. The molecule has 2 rings (SSSR count). The second kappa shape index (κ2) is 6.32. The lowest BCUT2D eigenvalue weighted by Gasteiger charge is -2.02. The highest BCUT2D eigenvalue weighted by molar-refractivity contribution is 5.85. The molecule has 0 aliphatic carbocycles. The number of imidazole rings is 1. The summed E-state index contributed by atoms with van der Waals surface area (Å²) in [6.07, 6.45) is 5.52. The maximum Gasteiger partial charge on any atom is 0.0949 e. The number of nitrogens with zero attached hydrogens (tertiary/aromatic N) is 2. The van der Waals surface area contributed by atoms with Crippen molar-refractivity contribution >= 4 is 30.5 Å². The fraction of sp³-hybridized carbons (Fsp3) is 0.100. The minimum Gasteiger partial charge on any atom is -0.399 e. The summed E-state index contributed by atoms with van der Waals surface area (Å²) in [4.78, 5) is 3.97. The van der Waals surface area contributed by atoms with Crippen molar-refractivity contribution in [1.29, 1.82) is 0 Å². The number of hydrogen-bond donors (Lipinski definition) is 1. The zero-order valence-electron chi connectivity index (χ0n) is 8.04. The molecule has 5 heteroatoms. The van der Waals surface area contributed by atoms with E-state index in [1.165, 1.54) is 5.56 Å². The first-order valence-corrected chi connectivity index (χ1v) is 4.15. The van der Waals surface area contributed by atoms with E-state index in [1.54, 1.807) is 12.5 Å². The van der Waals surface area contributed by atoms with Crippen LogP contribution in [0.5, 0.6) is 0 Å². The SMILES string of the molecule is Cl.Cl.Nc1ccc(Cn2ccnc2)cc1. The van der Waals surface area contributed by atoms with Gasteiger partial charge in [-0.25, -0.2) is 4.98 Å². The maximum atomic E-state index is 5.58.